The van der Waals surface area contributed by atoms with E-state index in [1.54, 1.807) is 0 Å². The van der Waals surface area contributed by atoms with E-state index in [2.05, 4.69) is 147 Å². The van der Waals surface area contributed by atoms with Gasteiger partial charge in [0.2, 0.25) is 0 Å². The van der Waals surface area contributed by atoms with Gasteiger partial charge in [-0.3, -0.25) is 0 Å². The molecule has 0 saturated heterocycles. The van der Waals surface area contributed by atoms with E-state index in [0.717, 1.165) is 45.5 Å². The minimum Gasteiger partial charge on any atom is -0.388 e. The second-order valence-electron chi connectivity index (χ2n) is 9.51. The van der Waals surface area contributed by atoms with Crippen LogP contribution in [0.3, 0.4) is 0 Å². The second kappa shape index (κ2) is 13.4. The molecule has 0 aliphatic carbocycles. The van der Waals surface area contributed by atoms with Gasteiger partial charge in [-0.2, -0.15) is 0 Å². The first-order valence-electron chi connectivity index (χ1n) is 13.5. The maximum Gasteiger partial charge on any atom is 0.141 e. The molecule has 0 spiro atoms. The highest BCUT2D eigenvalue weighted by Crippen LogP contribution is 2.36. The molecule has 210 valence electrons. The van der Waals surface area contributed by atoms with Gasteiger partial charge in [-0.05, 0) is 84.9 Å². The zero-order chi connectivity index (χ0) is 27.9. The fraction of sp³-hybridized carbons (Fsp3) is 0.143. The van der Waals surface area contributed by atoms with E-state index in [9.17, 15) is 0 Å². The normalized spacial score (nSPS) is 10.5. The summed E-state index contributed by atoms with van der Waals surface area (Å²) in [6.45, 7) is 0. The van der Waals surface area contributed by atoms with E-state index in [1.165, 1.54) is 16.3 Å². The fourth-order valence-corrected chi connectivity index (χ4v) is 4.89. The number of nitrogens with one attached hydrogen (secondary N) is 5. The summed E-state index contributed by atoms with van der Waals surface area (Å²) in [5.74, 6) is 0. The van der Waals surface area contributed by atoms with Gasteiger partial charge in [-0.1, -0.05) is 7.43 Å². The van der Waals surface area contributed by atoms with Crippen molar-refractivity contribution in [1.82, 2.24) is 0 Å². The number of benzene rings is 5. The van der Waals surface area contributed by atoms with Crippen molar-refractivity contribution in [2.75, 3.05) is 54.4 Å². The molecule has 0 aliphatic heterocycles. The van der Waals surface area contributed by atoms with E-state index >= 15 is 0 Å². The van der Waals surface area contributed by atoms with Gasteiger partial charge in [0.15, 0.2) is 0 Å². The van der Waals surface area contributed by atoms with Crippen molar-refractivity contribution in [3.05, 3.63) is 121 Å². The van der Waals surface area contributed by atoms with Gasteiger partial charge >= 0.3 is 0 Å². The standard InChI is InChI=1S/C34H36N6.CH4/c1-35-25-5-13-29(14-6-25)39(30-15-7-26(36-2)8-16-30)33-21-23-34(24-22-33)40(31-17-9-27(37-3)10-18-31)32-19-11-28(38-4)12-20-32;/h5-24,35-38H,1-4H3;1H4/p+1. The van der Waals surface area contributed by atoms with Crippen LogP contribution in [0.25, 0.3) is 0 Å². The molecule has 0 heterocycles. The highest BCUT2D eigenvalue weighted by atomic mass is 15.2. The maximum atomic E-state index is 3.22. The van der Waals surface area contributed by atoms with Crippen LogP contribution >= 0.6 is 0 Å². The summed E-state index contributed by atoms with van der Waals surface area (Å²) >= 11 is 0. The smallest absolute Gasteiger partial charge is 0.141 e. The van der Waals surface area contributed by atoms with Crippen LogP contribution in [0, 0.1) is 0 Å². The lowest BCUT2D eigenvalue weighted by Gasteiger charge is -2.26. The summed E-state index contributed by atoms with van der Waals surface area (Å²) in [6, 6.07) is 43.1. The Balaban J connectivity index is 0.00000387. The van der Waals surface area contributed by atoms with Crippen LogP contribution in [0.4, 0.5) is 56.9 Å². The number of nitrogens with zero attached hydrogens (tertiary/aromatic N) is 1. The van der Waals surface area contributed by atoms with Crippen LogP contribution in [0.5, 0.6) is 0 Å². The third-order valence-corrected chi connectivity index (χ3v) is 7.17. The molecule has 5 aromatic rings. The van der Waals surface area contributed by atoms with Crippen LogP contribution < -0.4 is 31.1 Å². The summed E-state index contributed by atoms with van der Waals surface area (Å²) in [5, 5.41) is 12.9. The molecule has 0 unspecified atom stereocenters. The van der Waals surface area contributed by atoms with Gasteiger partial charge in [-0.15, -0.1) is 0 Å². The molecule has 0 amide bonds. The van der Waals surface area contributed by atoms with E-state index in [1.807, 2.05) is 28.2 Å². The van der Waals surface area contributed by atoms with Crippen molar-refractivity contribution in [2.45, 2.75) is 7.43 Å². The molecule has 5 N–H and O–H groups in total. The van der Waals surface area contributed by atoms with Gasteiger partial charge in [0.05, 0.1) is 0 Å². The summed E-state index contributed by atoms with van der Waals surface area (Å²) < 4.78 is 0. The molecular weight excluding hydrogens is 504 g/mol. The van der Waals surface area contributed by atoms with Crippen molar-refractivity contribution < 1.29 is 4.90 Å². The van der Waals surface area contributed by atoms with Crippen molar-refractivity contribution in [2.24, 2.45) is 0 Å². The molecule has 0 saturated carbocycles. The maximum absolute atomic E-state index is 3.22. The van der Waals surface area contributed by atoms with Crippen molar-refractivity contribution >= 4 is 56.9 Å². The Morgan fingerprint density at radius 2 is 0.585 bits per heavy atom. The molecule has 0 atom stereocenters. The number of hydrogen-bond donors (Lipinski definition) is 5. The molecule has 5 rings (SSSR count). The van der Waals surface area contributed by atoms with E-state index in [-0.39, 0.29) is 7.43 Å². The average molecular weight is 546 g/mol. The third kappa shape index (κ3) is 6.45. The second-order valence-corrected chi connectivity index (χ2v) is 9.51. The first-order chi connectivity index (χ1) is 19.6. The minimum absolute atomic E-state index is 0. The highest BCUT2D eigenvalue weighted by molar-refractivity contribution is 5.78. The molecule has 0 fully saturated rings. The van der Waals surface area contributed by atoms with Gasteiger partial charge < -0.3 is 26.2 Å². The third-order valence-electron chi connectivity index (χ3n) is 7.17. The molecule has 6 nitrogen and oxygen atoms in total. The molecule has 0 radical (unpaired) electrons. The summed E-state index contributed by atoms with van der Waals surface area (Å²) in [5.41, 5.74) is 11.1. The monoisotopic (exact) mass is 545 g/mol. The van der Waals surface area contributed by atoms with Gasteiger partial charge in [-0.25, -0.2) is 4.90 Å². The lowest BCUT2D eigenvalue weighted by atomic mass is 10.1. The van der Waals surface area contributed by atoms with Crippen LogP contribution in [0.1, 0.15) is 7.43 Å². The number of rotatable bonds is 10. The Kier molecular flexibility index (Phi) is 9.51. The predicted octanol–water partition coefficient (Wildman–Crippen LogP) is 8.14. The van der Waals surface area contributed by atoms with Crippen LogP contribution in [0.2, 0.25) is 0 Å². The zero-order valence-corrected chi connectivity index (χ0v) is 23.5. The SMILES string of the molecule is C.CNc1ccc(N(c2ccc(NC)cc2)c2ccc([NH+](c3ccc(NC)cc3)c3ccc(NC)cc3)cc2)cc1. The van der Waals surface area contributed by atoms with Crippen molar-refractivity contribution in [1.29, 1.82) is 0 Å². The molecule has 6 heteroatoms. The highest BCUT2D eigenvalue weighted by Gasteiger charge is 2.20. The lowest BCUT2D eigenvalue weighted by molar-refractivity contribution is -0.681. The zero-order valence-electron chi connectivity index (χ0n) is 23.5. The predicted molar refractivity (Wildman–Crippen MR) is 179 cm³/mol. The van der Waals surface area contributed by atoms with Crippen LogP contribution in [0.15, 0.2) is 121 Å². The van der Waals surface area contributed by atoms with E-state index < -0.39 is 0 Å². The Labute approximate surface area is 244 Å². The topological polar surface area (TPSA) is 55.8 Å². The first kappa shape index (κ1) is 29.1. The lowest BCUT2D eigenvalue weighted by Crippen LogP contribution is -2.96. The van der Waals surface area contributed by atoms with Crippen LogP contribution in [-0.4, -0.2) is 28.2 Å². The number of quaternary nitrogens is 1. The summed E-state index contributed by atoms with van der Waals surface area (Å²) in [6.07, 6.45) is 0. The minimum atomic E-state index is 0. The molecule has 5 aromatic carbocycles. The Bertz CT molecular complexity index is 1280. The van der Waals surface area contributed by atoms with Gasteiger partial charge in [0.25, 0.3) is 0 Å². The van der Waals surface area contributed by atoms with Gasteiger partial charge in [0, 0.05) is 104 Å². The average Bonchev–Trinajstić information content (AvgIpc) is 3.03. The van der Waals surface area contributed by atoms with Crippen LogP contribution in [-0.2, 0) is 0 Å². The van der Waals surface area contributed by atoms with Crippen molar-refractivity contribution in [3.8, 4) is 0 Å². The molecular formula is C35H41N6+. The van der Waals surface area contributed by atoms with E-state index in [0.29, 0.717) is 0 Å². The van der Waals surface area contributed by atoms with Crippen molar-refractivity contribution in [3.63, 3.8) is 0 Å². The molecule has 0 aliphatic rings. The number of hydrogen-bond acceptors (Lipinski definition) is 5. The molecule has 0 bridgehead atoms. The Morgan fingerprint density at radius 1 is 0.366 bits per heavy atom. The van der Waals surface area contributed by atoms with Gasteiger partial charge in [0.1, 0.15) is 17.1 Å². The Hall–Kier alpha value is -4.94. The summed E-state index contributed by atoms with van der Waals surface area (Å²) in [4.78, 5) is 3.48. The largest absolute Gasteiger partial charge is 0.388 e. The van der Waals surface area contributed by atoms with E-state index in [4.69, 9.17) is 0 Å². The quantitative estimate of drug-likeness (QED) is 0.123. The Morgan fingerprint density at radius 3 is 0.854 bits per heavy atom. The fourth-order valence-electron chi connectivity index (χ4n) is 4.89. The molecule has 41 heavy (non-hydrogen) atoms. The first-order valence-corrected chi connectivity index (χ1v) is 13.5. The summed E-state index contributed by atoms with van der Waals surface area (Å²) in [7, 11) is 7.77. The number of anilines is 7. The molecule has 0 aromatic heterocycles.